The van der Waals surface area contributed by atoms with E-state index in [1.807, 2.05) is 24.3 Å². The molecule has 2 aromatic carbocycles. The molecule has 0 amide bonds. The van der Waals surface area contributed by atoms with Crippen molar-refractivity contribution in [2.24, 2.45) is 5.10 Å². The van der Waals surface area contributed by atoms with Crippen molar-refractivity contribution < 1.29 is 4.74 Å². The van der Waals surface area contributed by atoms with Crippen LogP contribution in [0.4, 0.5) is 0 Å². The molecular formula is C23H28N4OS. The van der Waals surface area contributed by atoms with E-state index in [1.54, 1.807) is 10.9 Å². The zero-order valence-corrected chi connectivity index (χ0v) is 18.3. The lowest BCUT2D eigenvalue weighted by Gasteiger charge is -2.19. The molecule has 0 aliphatic carbocycles. The minimum atomic E-state index is 0.162. The molecular weight excluding hydrogens is 380 g/mol. The number of nitrogens with one attached hydrogen (secondary N) is 1. The second-order valence-electron chi connectivity index (χ2n) is 8.06. The lowest BCUT2D eigenvalue weighted by atomic mass is 9.87. The summed E-state index contributed by atoms with van der Waals surface area (Å²) in [6, 6.07) is 16.5. The summed E-state index contributed by atoms with van der Waals surface area (Å²) < 4.78 is 8.08. The van der Waals surface area contributed by atoms with Gasteiger partial charge in [-0.2, -0.15) is 14.9 Å². The van der Waals surface area contributed by atoms with Crippen LogP contribution >= 0.6 is 12.2 Å². The average molecular weight is 409 g/mol. The highest BCUT2D eigenvalue weighted by Crippen LogP contribution is 2.22. The second-order valence-corrected chi connectivity index (χ2v) is 8.44. The summed E-state index contributed by atoms with van der Waals surface area (Å²) in [6.07, 6.45) is 3.59. The van der Waals surface area contributed by atoms with Gasteiger partial charge in [0, 0.05) is 6.42 Å². The minimum Gasteiger partial charge on any atom is -0.489 e. The van der Waals surface area contributed by atoms with Crippen LogP contribution in [0.2, 0.25) is 0 Å². The Kier molecular flexibility index (Phi) is 6.64. The van der Waals surface area contributed by atoms with E-state index < -0.39 is 0 Å². The van der Waals surface area contributed by atoms with Crippen LogP contribution in [-0.2, 0) is 18.4 Å². The van der Waals surface area contributed by atoms with Gasteiger partial charge in [0.05, 0.1) is 6.21 Å². The van der Waals surface area contributed by atoms with E-state index in [0.717, 1.165) is 35.5 Å². The highest BCUT2D eigenvalue weighted by atomic mass is 32.1. The predicted octanol–water partition coefficient (Wildman–Crippen LogP) is 5.65. The number of hydrogen-bond donors (Lipinski definition) is 1. The molecule has 3 rings (SSSR count). The molecule has 152 valence electrons. The lowest BCUT2D eigenvalue weighted by molar-refractivity contribution is 0.306. The van der Waals surface area contributed by atoms with E-state index in [-0.39, 0.29) is 5.41 Å². The summed E-state index contributed by atoms with van der Waals surface area (Å²) in [4.78, 5) is 0. The van der Waals surface area contributed by atoms with Gasteiger partial charge in [-0.15, -0.1) is 0 Å². The summed E-state index contributed by atoms with van der Waals surface area (Å²) >= 11 is 5.24. The van der Waals surface area contributed by atoms with Crippen LogP contribution in [0.5, 0.6) is 5.75 Å². The van der Waals surface area contributed by atoms with Gasteiger partial charge in [-0.1, -0.05) is 52.0 Å². The van der Waals surface area contributed by atoms with Crippen LogP contribution in [0.3, 0.4) is 0 Å². The van der Waals surface area contributed by atoms with Crippen molar-refractivity contribution in [3.8, 4) is 5.75 Å². The van der Waals surface area contributed by atoms with Gasteiger partial charge < -0.3 is 4.74 Å². The van der Waals surface area contributed by atoms with Crippen LogP contribution in [0.15, 0.2) is 53.6 Å². The first-order chi connectivity index (χ1) is 13.9. The zero-order valence-electron chi connectivity index (χ0n) is 17.5. The van der Waals surface area contributed by atoms with E-state index in [4.69, 9.17) is 17.0 Å². The molecule has 0 bridgehead atoms. The predicted molar refractivity (Wildman–Crippen MR) is 120 cm³/mol. The standard InChI is InChI=1S/C23H28N4OS/c1-5-6-21-25-26-22(29)27(21)24-15-17-9-13-20(14-10-17)28-16-18-7-11-19(12-8-18)23(2,3)4/h7-15H,5-6,16H2,1-4H3,(H,26,29)/b24-15+. The highest BCUT2D eigenvalue weighted by Gasteiger charge is 2.12. The van der Waals surface area contributed by atoms with Crippen molar-refractivity contribution in [3.05, 3.63) is 75.8 Å². The third kappa shape index (κ3) is 5.64. The normalized spacial score (nSPS) is 11.9. The zero-order chi connectivity index (χ0) is 20.9. The molecule has 0 saturated heterocycles. The van der Waals surface area contributed by atoms with Gasteiger partial charge in [0.15, 0.2) is 5.82 Å². The van der Waals surface area contributed by atoms with E-state index in [2.05, 4.69) is 67.3 Å². The Hall–Kier alpha value is -2.73. The maximum Gasteiger partial charge on any atom is 0.216 e. The number of aromatic amines is 1. The van der Waals surface area contributed by atoms with E-state index >= 15 is 0 Å². The van der Waals surface area contributed by atoms with Crippen LogP contribution < -0.4 is 4.74 Å². The van der Waals surface area contributed by atoms with Gasteiger partial charge in [0.1, 0.15) is 12.4 Å². The van der Waals surface area contributed by atoms with E-state index in [0.29, 0.717) is 11.4 Å². The Bertz CT molecular complexity index is 1010. The summed E-state index contributed by atoms with van der Waals surface area (Å²) in [5, 5.41) is 11.5. The number of ether oxygens (including phenoxy) is 1. The largest absolute Gasteiger partial charge is 0.489 e. The maximum atomic E-state index is 5.91. The Morgan fingerprint density at radius 2 is 1.79 bits per heavy atom. The number of H-pyrrole nitrogens is 1. The lowest BCUT2D eigenvalue weighted by Crippen LogP contribution is -2.10. The second kappa shape index (κ2) is 9.18. The molecule has 0 unspecified atom stereocenters. The van der Waals surface area contributed by atoms with E-state index in [9.17, 15) is 0 Å². The molecule has 0 aliphatic heterocycles. The Morgan fingerprint density at radius 1 is 1.10 bits per heavy atom. The quantitative estimate of drug-likeness (QED) is 0.406. The fourth-order valence-corrected chi connectivity index (χ4v) is 3.07. The summed E-state index contributed by atoms with van der Waals surface area (Å²) in [5.41, 5.74) is 3.61. The number of benzene rings is 2. The molecule has 0 saturated carbocycles. The highest BCUT2D eigenvalue weighted by molar-refractivity contribution is 7.71. The summed E-state index contributed by atoms with van der Waals surface area (Å²) in [5.74, 6) is 1.67. The molecule has 1 N–H and O–H groups in total. The van der Waals surface area contributed by atoms with Crippen molar-refractivity contribution in [3.63, 3.8) is 0 Å². The Balaban J connectivity index is 1.61. The fraction of sp³-hybridized carbons (Fsp3) is 0.348. The average Bonchev–Trinajstić information content (AvgIpc) is 3.05. The van der Waals surface area contributed by atoms with Crippen LogP contribution in [-0.4, -0.2) is 21.1 Å². The maximum absolute atomic E-state index is 5.91. The van der Waals surface area contributed by atoms with Gasteiger partial charge in [0.25, 0.3) is 0 Å². The van der Waals surface area contributed by atoms with Gasteiger partial charge in [-0.25, -0.2) is 0 Å². The van der Waals surface area contributed by atoms with Gasteiger partial charge >= 0.3 is 0 Å². The monoisotopic (exact) mass is 408 g/mol. The van der Waals surface area contributed by atoms with Crippen LogP contribution in [0.25, 0.3) is 0 Å². The molecule has 0 aliphatic rings. The molecule has 1 aromatic heterocycles. The fourth-order valence-electron chi connectivity index (χ4n) is 2.87. The third-order valence-electron chi connectivity index (χ3n) is 4.62. The third-order valence-corrected chi connectivity index (χ3v) is 4.88. The van der Waals surface area contributed by atoms with Gasteiger partial charge in [0.2, 0.25) is 4.77 Å². The molecule has 0 spiro atoms. The molecule has 3 aromatic rings. The number of nitrogens with zero attached hydrogens (tertiary/aromatic N) is 3. The first-order valence-corrected chi connectivity index (χ1v) is 10.3. The van der Waals surface area contributed by atoms with Crippen molar-refractivity contribution in [2.75, 3.05) is 0 Å². The topological polar surface area (TPSA) is 55.2 Å². The van der Waals surface area contributed by atoms with Crippen molar-refractivity contribution >= 4 is 18.4 Å². The molecule has 29 heavy (non-hydrogen) atoms. The van der Waals surface area contributed by atoms with Gasteiger partial charge in [-0.05, 0) is 65.0 Å². The van der Waals surface area contributed by atoms with Gasteiger partial charge in [-0.3, -0.25) is 5.10 Å². The van der Waals surface area contributed by atoms with E-state index in [1.165, 1.54) is 5.56 Å². The molecule has 0 radical (unpaired) electrons. The summed E-state index contributed by atoms with van der Waals surface area (Å²) in [6.45, 7) is 9.30. The Morgan fingerprint density at radius 3 is 2.41 bits per heavy atom. The van der Waals surface area contributed by atoms with Crippen molar-refractivity contribution in [1.29, 1.82) is 0 Å². The molecule has 6 heteroatoms. The first-order valence-electron chi connectivity index (χ1n) is 9.90. The van der Waals surface area contributed by atoms with Crippen molar-refractivity contribution in [1.82, 2.24) is 14.9 Å². The first kappa shape index (κ1) is 21.0. The Labute approximate surface area is 177 Å². The van der Waals surface area contributed by atoms with Crippen molar-refractivity contribution in [2.45, 2.75) is 52.6 Å². The van der Waals surface area contributed by atoms with Crippen LogP contribution in [0, 0.1) is 4.77 Å². The molecule has 0 atom stereocenters. The number of rotatable bonds is 7. The SMILES string of the molecule is CCCc1n[nH]c(=S)n1/N=C/c1ccc(OCc2ccc(C(C)(C)C)cc2)cc1. The summed E-state index contributed by atoms with van der Waals surface area (Å²) in [7, 11) is 0. The molecule has 1 heterocycles. The molecule has 5 nitrogen and oxygen atoms in total. The minimum absolute atomic E-state index is 0.162. The number of aryl methyl sites for hydroxylation is 1. The number of hydrogen-bond acceptors (Lipinski definition) is 4. The smallest absolute Gasteiger partial charge is 0.216 e. The number of aromatic nitrogens is 3. The van der Waals surface area contributed by atoms with Crippen LogP contribution in [0.1, 0.15) is 56.6 Å². The molecule has 0 fully saturated rings.